The van der Waals surface area contributed by atoms with Gasteiger partial charge in [-0.2, -0.15) is 0 Å². The number of aldehydes is 1. The summed E-state index contributed by atoms with van der Waals surface area (Å²) >= 11 is 0. The lowest BCUT2D eigenvalue weighted by molar-refractivity contribution is -0.186. The SMILES string of the molecule is C#C[C@H]1COC2(CCCCC2)O1.O=C[C@H]1COC2(CCCCC2)O1. The maximum absolute atomic E-state index is 10.4. The van der Waals surface area contributed by atoms with Gasteiger partial charge in [0, 0.05) is 25.7 Å². The van der Waals surface area contributed by atoms with Crippen LogP contribution < -0.4 is 0 Å². The fraction of sp³-hybridized carbons (Fsp3) is 0.842. The van der Waals surface area contributed by atoms with Gasteiger partial charge in [0.25, 0.3) is 0 Å². The third kappa shape index (κ3) is 4.18. The summed E-state index contributed by atoms with van der Waals surface area (Å²) < 4.78 is 22.4. The molecule has 5 heteroatoms. The number of hydrogen-bond acceptors (Lipinski definition) is 5. The number of terminal acetylenes is 1. The molecular formula is C19H28O5. The molecule has 4 fully saturated rings. The number of rotatable bonds is 1. The van der Waals surface area contributed by atoms with Gasteiger partial charge >= 0.3 is 0 Å². The zero-order chi connectivity index (χ0) is 16.9. The van der Waals surface area contributed by atoms with Crippen molar-refractivity contribution in [2.45, 2.75) is 88.0 Å². The summed E-state index contributed by atoms with van der Waals surface area (Å²) in [5.41, 5.74) is 0. The highest BCUT2D eigenvalue weighted by Gasteiger charge is 2.42. The van der Waals surface area contributed by atoms with Gasteiger partial charge < -0.3 is 23.7 Å². The molecule has 0 bridgehead atoms. The molecule has 2 atom stereocenters. The lowest BCUT2D eigenvalue weighted by Gasteiger charge is -2.31. The Morgan fingerprint density at radius 2 is 1.38 bits per heavy atom. The van der Waals surface area contributed by atoms with Gasteiger partial charge in [-0.25, -0.2) is 0 Å². The predicted octanol–water partition coefficient (Wildman–Crippen LogP) is 2.96. The Kier molecular flexibility index (Phi) is 5.93. The van der Waals surface area contributed by atoms with Crippen LogP contribution >= 0.6 is 0 Å². The number of hydrogen-bond donors (Lipinski definition) is 0. The van der Waals surface area contributed by atoms with Gasteiger partial charge in [-0.3, -0.25) is 0 Å². The van der Waals surface area contributed by atoms with Crippen LogP contribution in [0.15, 0.2) is 0 Å². The Morgan fingerprint density at radius 1 is 0.833 bits per heavy atom. The standard InChI is InChI=1S/C10H14O2.C9H14O3/c1-2-9-8-11-10(12-9)6-4-3-5-7-10;10-6-8-7-11-9(12-8)4-2-1-3-5-9/h1,9H,3-8H2;6,8H,1-5,7H2/t9-;8-/m00/s1. The van der Waals surface area contributed by atoms with E-state index >= 15 is 0 Å². The van der Waals surface area contributed by atoms with Crippen molar-refractivity contribution in [2.75, 3.05) is 13.2 Å². The fourth-order valence-corrected chi connectivity index (χ4v) is 3.99. The third-order valence-corrected chi connectivity index (χ3v) is 5.30. The molecule has 2 saturated carbocycles. The number of ether oxygens (including phenoxy) is 4. The molecule has 0 unspecified atom stereocenters. The monoisotopic (exact) mass is 336 g/mol. The predicted molar refractivity (Wildman–Crippen MR) is 88.2 cm³/mol. The van der Waals surface area contributed by atoms with E-state index in [-0.39, 0.29) is 23.8 Å². The lowest BCUT2D eigenvalue weighted by Crippen LogP contribution is -2.33. The van der Waals surface area contributed by atoms with Crippen LogP contribution in [0.2, 0.25) is 0 Å². The lowest BCUT2D eigenvalue weighted by atomic mass is 9.94. The first-order valence-corrected chi connectivity index (χ1v) is 9.24. The van der Waals surface area contributed by atoms with Gasteiger partial charge in [0.2, 0.25) is 0 Å². The summed E-state index contributed by atoms with van der Waals surface area (Å²) in [6.45, 7) is 1.03. The molecule has 2 aliphatic carbocycles. The molecule has 2 aliphatic heterocycles. The summed E-state index contributed by atoms with van der Waals surface area (Å²) in [4.78, 5) is 10.4. The Balaban J connectivity index is 0.000000141. The van der Waals surface area contributed by atoms with E-state index in [1.54, 1.807) is 0 Å². The molecule has 0 radical (unpaired) electrons. The van der Waals surface area contributed by atoms with Gasteiger partial charge in [-0.05, 0) is 25.7 Å². The van der Waals surface area contributed by atoms with Crippen molar-refractivity contribution >= 4 is 6.29 Å². The molecule has 24 heavy (non-hydrogen) atoms. The van der Waals surface area contributed by atoms with Crippen LogP contribution in [0.3, 0.4) is 0 Å². The minimum absolute atomic E-state index is 0.108. The van der Waals surface area contributed by atoms with Crippen LogP contribution in [0.4, 0.5) is 0 Å². The fourth-order valence-electron chi connectivity index (χ4n) is 3.99. The maximum Gasteiger partial charge on any atom is 0.170 e. The average Bonchev–Trinajstić information content (AvgIpc) is 3.21. The molecule has 2 heterocycles. The van der Waals surface area contributed by atoms with Crippen molar-refractivity contribution in [1.82, 2.24) is 0 Å². The zero-order valence-corrected chi connectivity index (χ0v) is 14.3. The Morgan fingerprint density at radius 3 is 1.83 bits per heavy atom. The van der Waals surface area contributed by atoms with E-state index in [4.69, 9.17) is 25.4 Å². The van der Waals surface area contributed by atoms with Crippen LogP contribution in [0.5, 0.6) is 0 Å². The smallest absolute Gasteiger partial charge is 0.170 e. The molecule has 2 saturated heterocycles. The summed E-state index contributed by atoms with van der Waals surface area (Å²) in [7, 11) is 0. The third-order valence-electron chi connectivity index (χ3n) is 5.30. The second kappa shape index (κ2) is 7.97. The quantitative estimate of drug-likeness (QED) is 0.544. The molecule has 0 aromatic carbocycles. The molecule has 4 aliphatic rings. The van der Waals surface area contributed by atoms with Gasteiger partial charge in [0.05, 0.1) is 13.2 Å². The van der Waals surface area contributed by atoms with Crippen LogP contribution in [0, 0.1) is 12.3 Å². The van der Waals surface area contributed by atoms with E-state index in [9.17, 15) is 4.79 Å². The molecule has 4 rings (SSSR count). The molecule has 2 spiro atoms. The van der Waals surface area contributed by atoms with Gasteiger partial charge in [-0.15, -0.1) is 6.42 Å². The molecule has 0 aromatic rings. The van der Waals surface area contributed by atoms with Crippen LogP contribution in [0.25, 0.3) is 0 Å². The highest BCUT2D eigenvalue weighted by molar-refractivity contribution is 5.56. The van der Waals surface area contributed by atoms with E-state index in [1.165, 1.54) is 25.7 Å². The molecule has 0 aromatic heterocycles. The molecule has 5 nitrogen and oxygen atoms in total. The van der Waals surface area contributed by atoms with Gasteiger partial charge in [0.1, 0.15) is 12.2 Å². The topological polar surface area (TPSA) is 54.0 Å². The first-order chi connectivity index (χ1) is 11.7. The van der Waals surface area contributed by atoms with E-state index in [0.717, 1.165) is 44.8 Å². The van der Waals surface area contributed by atoms with Crippen LogP contribution in [-0.4, -0.2) is 43.3 Å². The van der Waals surface area contributed by atoms with E-state index < -0.39 is 0 Å². The summed E-state index contributed by atoms with van der Waals surface area (Å²) in [6, 6.07) is 0. The molecule has 134 valence electrons. The molecule has 0 amide bonds. The molecule has 0 N–H and O–H groups in total. The Labute approximate surface area is 144 Å². The Hall–Kier alpha value is -0.930. The van der Waals surface area contributed by atoms with Gasteiger partial charge in [-0.1, -0.05) is 18.8 Å². The van der Waals surface area contributed by atoms with Crippen molar-refractivity contribution in [3.05, 3.63) is 0 Å². The number of carbonyl (C=O) groups is 1. The largest absolute Gasteiger partial charge is 0.347 e. The van der Waals surface area contributed by atoms with Gasteiger partial charge in [0.15, 0.2) is 17.9 Å². The van der Waals surface area contributed by atoms with Crippen molar-refractivity contribution in [3.8, 4) is 12.3 Å². The van der Waals surface area contributed by atoms with Crippen molar-refractivity contribution in [2.24, 2.45) is 0 Å². The first-order valence-electron chi connectivity index (χ1n) is 9.24. The second-order valence-corrected chi connectivity index (χ2v) is 7.13. The van der Waals surface area contributed by atoms with Crippen molar-refractivity contribution in [3.63, 3.8) is 0 Å². The van der Waals surface area contributed by atoms with E-state index in [1.807, 2.05) is 0 Å². The van der Waals surface area contributed by atoms with Crippen LogP contribution in [0.1, 0.15) is 64.2 Å². The number of carbonyl (C=O) groups excluding carboxylic acids is 1. The minimum Gasteiger partial charge on any atom is -0.347 e. The van der Waals surface area contributed by atoms with Crippen molar-refractivity contribution in [1.29, 1.82) is 0 Å². The summed E-state index contributed by atoms with van der Waals surface area (Å²) in [5, 5.41) is 0. The summed E-state index contributed by atoms with van der Waals surface area (Å²) in [5.74, 6) is 1.91. The van der Waals surface area contributed by atoms with Crippen molar-refractivity contribution < 1.29 is 23.7 Å². The Bertz CT molecular complexity index is 457. The minimum atomic E-state index is -0.385. The highest BCUT2D eigenvalue weighted by Crippen LogP contribution is 2.38. The second-order valence-electron chi connectivity index (χ2n) is 7.13. The van der Waals surface area contributed by atoms with E-state index in [2.05, 4.69) is 5.92 Å². The molecular weight excluding hydrogens is 308 g/mol. The van der Waals surface area contributed by atoms with Crippen LogP contribution in [-0.2, 0) is 23.7 Å². The first kappa shape index (κ1) is 17.9. The zero-order valence-electron chi connectivity index (χ0n) is 14.3. The highest BCUT2D eigenvalue weighted by atomic mass is 16.7. The summed E-state index contributed by atoms with van der Waals surface area (Å²) in [6.07, 6.45) is 16.9. The normalized spacial score (nSPS) is 33.6. The maximum atomic E-state index is 10.4. The average molecular weight is 336 g/mol. The van der Waals surface area contributed by atoms with E-state index in [0.29, 0.717) is 13.2 Å².